The lowest BCUT2D eigenvalue weighted by molar-refractivity contribution is 0.302. The molecule has 2 rings (SSSR count). The highest BCUT2D eigenvalue weighted by Gasteiger charge is 2.13. The molecule has 2 aromatic carbocycles. The molecule has 6 heteroatoms. The average molecular weight is 278 g/mol. The van der Waals surface area contributed by atoms with Gasteiger partial charge in [0.25, 0.3) is 0 Å². The molecule has 0 fully saturated rings. The normalized spacial score (nSPS) is 10.4. The average Bonchev–Trinajstić information content (AvgIpc) is 2.39. The molecule has 0 aliphatic rings. The standard InChI is InChI=1S/C14H13BF2O3/c1-9-2-3-12(16)7-14(9)20-8-10-4-11(15(18)19)6-13(17)5-10/h2-7,18-19H,8H2,1H3. The van der Waals surface area contributed by atoms with Crippen molar-refractivity contribution in [1.29, 1.82) is 0 Å². The summed E-state index contributed by atoms with van der Waals surface area (Å²) in [6.45, 7) is 1.77. The van der Waals surface area contributed by atoms with Gasteiger partial charge in [-0.25, -0.2) is 8.78 Å². The molecule has 0 spiro atoms. The molecule has 0 aromatic heterocycles. The Morgan fingerprint density at radius 1 is 1.05 bits per heavy atom. The summed E-state index contributed by atoms with van der Waals surface area (Å²) in [5.74, 6) is -0.651. The van der Waals surface area contributed by atoms with E-state index in [1.165, 1.54) is 24.3 Å². The van der Waals surface area contributed by atoms with Gasteiger partial charge in [0.05, 0.1) is 0 Å². The molecule has 2 aromatic rings. The van der Waals surface area contributed by atoms with Gasteiger partial charge in [0.1, 0.15) is 24.0 Å². The van der Waals surface area contributed by atoms with Crippen molar-refractivity contribution in [3.8, 4) is 5.75 Å². The van der Waals surface area contributed by atoms with Crippen molar-refractivity contribution in [2.24, 2.45) is 0 Å². The van der Waals surface area contributed by atoms with Crippen molar-refractivity contribution >= 4 is 12.6 Å². The van der Waals surface area contributed by atoms with E-state index >= 15 is 0 Å². The molecule has 0 heterocycles. The van der Waals surface area contributed by atoms with E-state index in [1.807, 2.05) is 0 Å². The first kappa shape index (κ1) is 14.5. The van der Waals surface area contributed by atoms with Crippen LogP contribution in [0.1, 0.15) is 11.1 Å². The minimum atomic E-state index is -1.75. The van der Waals surface area contributed by atoms with E-state index in [0.717, 1.165) is 11.6 Å². The summed E-state index contributed by atoms with van der Waals surface area (Å²) < 4.78 is 31.8. The Kier molecular flexibility index (Phi) is 4.37. The van der Waals surface area contributed by atoms with E-state index in [4.69, 9.17) is 14.8 Å². The van der Waals surface area contributed by atoms with Crippen molar-refractivity contribution < 1.29 is 23.6 Å². The van der Waals surface area contributed by atoms with Crippen LogP contribution >= 0.6 is 0 Å². The third kappa shape index (κ3) is 3.56. The summed E-state index contributed by atoms with van der Waals surface area (Å²) >= 11 is 0. The number of hydrogen-bond acceptors (Lipinski definition) is 3. The first-order valence-corrected chi connectivity index (χ1v) is 6.00. The fourth-order valence-electron chi connectivity index (χ4n) is 1.80. The van der Waals surface area contributed by atoms with Crippen molar-refractivity contribution in [1.82, 2.24) is 0 Å². The smallest absolute Gasteiger partial charge is 0.488 e. The lowest BCUT2D eigenvalue weighted by Crippen LogP contribution is -2.30. The summed E-state index contributed by atoms with van der Waals surface area (Å²) in [5.41, 5.74) is 1.22. The van der Waals surface area contributed by atoms with Crippen molar-refractivity contribution in [3.05, 3.63) is 59.2 Å². The Balaban J connectivity index is 2.16. The van der Waals surface area contributed by atoms with Crippen LogP contribution in [-0.4, -0.2) is 17.2 Å². The number of halogens is 2. The molecule has 20 heavy (non-hydrogen) atoms. The highest BCUT2D eigenvalue weighted by Crippen LogP contribution is 2.20. The molecule has 0 atom stereocenters. The Hall–Kier alpha value is -1.92. The molecule has 0 unspecified atom stereocenters. The second kappa shape index (κ2) is 6.03. The number of ether oxygens (including phenoxy) is 1. The van der Waals surface area contributed by atoms with Gasteiger partial charge in [-0.3, -0.25) is 0 Å². The summed E-state index contributed by atoms with van der Waals surface area (Å²) in [6.07, 6.45) is 0. The zero-order chi connectivity index (χ0) is 14.7. The zero-order valence-corrected chi connectivity index (χ0v) is 10.8. The summed E-state index contributed by atoms with van der Waals surface area (Å²) in [6, 6.07) is 7.82. The molecule has 0 aliphatic heterocycles. The molecule has 0 aliphatic carbocycles. The maximum absolute atomic E-state index is 13.3. The van der Waals surface area contributed by atoms with Crippen LogP contribution in [0.15, 0.2) is 36.4 Å². The highest BCUT2D eigenvalue weighted by atomic mass is 19.1. The van der Waals surface area contributed by atoms with Crippen LogP contribution in [0.2, 0.25) is 0 Å². The van der Waals surface area contributed by atoms with Crippen LogP contribution < -0.4 is 10.2 Å². The minimum absolute atomic E-state index is 0.00176. The Labute approximate surface area is 115 Å². The largest absolute Gasteiger partial charge is 0.489 e. The molecule has 3 nitrogen and oxygen atoms in total. The first-order chi connectivity index (χ1) is 9.45. The third-order valence-electron chi connectivity index (χ3n) is 2.82. The Bertz CT molecular complexity index is 617. The number of benzene rings is 2. The molecule has 0 bridgehead atoms. The van der Waals surface area contributed by atoms with Gasteiger partial charge in [-0.15, -0.1) is 0 Å². The monoisotopic (exact) mass is 278 g/mol. The molecule has 0 saturated carbocycles. The van der Waals surface area contributed by atoms with Gasteiger partial charge in [-0.05, 0) is 41.7 Å². The van der Waals surface area contributed by atoms with Crippen LogP contribution in [0.5, 0.6) is 5.75 Å². The van der Waals surface area contributed by atoms with Gasteiger partial charge in [0.15, 0.2) is 0 Å². The topological polar surface area (TPSA) is 49.7 Å². The summed E-state index contributed by atoms with van der Waals surface area (Å²) in [5, 5.41) is 18.1. The predicted molar refractivity (Wildman–Crippen MR) is 71.7 cm³/mol. The fourth-order valence-corrected chi connectivity index (χ4v) is 1.80. The maximum atomic E-state index is 13.3. The van der Waals surface area contributed by atoms with E-state index in [1.54, 1.807) is 13.0 Å². The number of hydrogen-bond donors (Lipinski definition) is 2. The van der Waals surface area contributed by atoms with Gasteiger partial charge >= 0.3 is 7.12 Å². The molecule has 2 N–H and O–H groups in total. The van der Waals surface area contributed by atoms with E-state index in [0.29, 0.717) is 11.3 Å². The third-order valence-corrected chi connectivity index (χ3v) is 2.82. The van der Waals surface area contributed by atoms with Gasteiger partial charge in [-0.2, -0.15) is 0 Å². The number of rotatable bonds is 4. The highest BCUT2D eigenvalue weighted by molar-refractivity contribution is 6.58. The van der Waals surface area contributed by atoms with E-state index in [9.17, 15) is 8.78 Å². The Morgan fingerprint density at radius 3 is 2.50 bits per heavy atom. The molecule has 0 saturated heterocycles. The second-order valence-corrected chi connectivity index (χ2v) is 4.46. The fraction of sp³-hybridized carbons (Fsp3) is 0.143. The van der Waals surface area contributed by atoms with E-state index in [-0.39, 0.29) is 12.1 Å². The lowest BCUT2D eigenvalue weighted by Gasteiger charge is -2.10. The van der Waals surface area contributed by atoms with Gasteiger partial charge < -0.3 is 14.8 Å². The first-order valence-electron chi connectivity index (χ1n) is 6.00. The SMILES string of the molecule is Cc1ccc(F)cc1OCc1cc(F)cc(B(O)O)c1. The van der Waals surface area contributed by atoms with Crippen LogP contribution in [0.25, 0.3) is 0 Å². The summed E-state index contributed by atoms with van der Waals surface area (Å²) in [4.78, 5) is 0. The molecule has 0 radical (unpaired) electrons. The van der Waals surface area contributed by atoms with E-state index < -0.39 is 18.8 Å². The van der Waals surface area contributed by atoms with Crippen LogP contribution in [0, 0.1) is 18.6 Å². The van der Waals surface area contributed by atoms with Crippen LogP contribution in [-0.2, 0) is 6.61 Å². The van der Waals surface area contributed by atoms with Gasteiger partial charge in [-0.1, -0.05) is 12.1 Å². The Morgan fingerprint density at radius 2 is 1.80 bits per heavy atom. The molecule has 0 amide bonds. The maximum Gasteiger partial charge on any atom is 0.488 e. The lowest BCUT2D eigenvalue weighted by atomic mass is 9.79. The van der Waals surface area contributed by atoms with E-state index in [2.05, 4.69) is 0 Å². The predicted octanol–water partition coefficient (Wildman–Crippen LogP) is 1.53. The molecular weight excluding hydrogens is 265 g/mol. The quantitative estimate of drug-likeness (QED) is 0.834. The summed E-state index contributed by atoms with van der Waals surface area (Å²) in [7, 11) is -1.75. The zero-order valence-electron chi connectivity index (χ0n) is 10.8. The molecular formula is C14H13BF2O3. The van der Waals surface area contributed by atoms with Crippen molar-refractivity contribution in [2.45, 2.75) is 13.5 Å². The van der Waals surface area contributed by atoms with Crippen LogP contribution in [0.3, 0.4) is 0 Å². The number of aryl methyl sites for hydroxylation is 1. The van der Waals surface area contributed by atoms with Crippen molar-refractivity contribution in [3.63, 3.8) is 0 Å². The van der Waals surface area contributed by atoms with Gasteiger partial charge in [0.2, 0.25) is 0 Å². The molecule has 104 valence electrons. The van der Waals surface area contributed by atoms with Crippen molar-refractivity contribution in [2.75, 3.05) is 0 Å². The second-order valence-electron chi connectivity index (χ2n) is 4.46. The minimum Gasteiger partial charge on any atom is -0.489 e. The van der Waals surface area contributed by atoms with Gasteiger partial charge in [0, 0.05) is 6.07 Å². The van der Waals surface area contributed by atoms with Crippen LogP contribution in [0.4, 0.5) is 8.78 Å².